The van der Waals surface area contributed by atoms with Gasteiger partial charge in [0.15, 0.2) is 0 Å². The molecular formula is C14H20N2O2. The van der Waals surface area contributed by atoms with Gasteiger partial charge in [0, 0.05) is 24.4 Å². The summed E-state index contributed by atoms with van der Waals surface area (Å²) >= 11 is 0. The molecule has 0 heterocycles. The highest BCUT2D eigenvalue weighted by Gasteiger charge is 2.06. The van der Waals surface area contributed by atoms with Gasteiger partial charge >= 0.3 is 0 Å². The minimum Gasteiger partial charge on any atom is -0.399 e. The minimum absolute atomic E-state index is 0.0265. The molecule has 1 atom stereocenters. The first-order valence-electron chi connectivity index (χ1n) is 6.10. The van der Waals surface area contributed by atoms with Crippen molar-refractivity contribution in [2.45, 2.75) is 25.8 Å². The van der Waals surface area contributed by atoms with Gasteiger partial charge < -0.3 is 16.2 Å². The Morgan fingerprint density at radius 1 is 1.44 bits per heavy atom. The number of nitrogens with one attached hydrogen (secondary N) is 1. The molecule has 98 valence electrons. The minimum atomic E-state index is -0.146. The van der Waals surface area contributed by atoms with Crippen molar-refractivity contribution in [2.24, 2.45) is 0 Å². The van der Waals surface area contributed by atoms with Gasteiger partial charge in [-0.05, 0) is 36.6 Å². The molecule has 0 spiro atoms. The van der Waals surface area contributed by atoms with Crippen LogP contribution in [0.4, 0.5) is 5.69 Å². The molecule has 1 unspecified atom stereocenters. The lowest BCUT2D eigenvalue weighted by Crippen LogP contribution is -2.33. The highest BCUT2D eigenvalue weighted by atomic mass is 16.3. The summed E-state index contributed by atoms with van der Waals surface area (Å²) < 4.78 is 0. The van der Waals surface area contributed by atoms with Gasteiger partial charge in [0.05, 0.1) is 0 Å². The molecule has 0 fully saturated rings. The van der Waals surface area contributed by atoms with Crippen molar-refractivity contribution < 1.29 is 9.90 Å². The zero-order valence-electron chi connectivity index (χ0n) is 10.6. The molecular weight excluding hydrogens is 228 g/mol. The van der Waals surface area contributed by atoms with Crippen LogP contribution in [0.25, 0.3) is 6.08 Å². The van der Waals surface area contributed by atoms with E-state index in [0.29, 0.717) is 12.1 Å². The normalized spacial score (nSPS) is 12.6. The topological polar surface area (TPSA) is 75.3 Å². The molecule has 18 heavy (non-hydrogen) atoms. The Balaban J connectivity index is 2.50. The van der Waals surface area contributed by atoms with Crippen molar-refractivity contribution in [1.82, 2.24) is 5.32 Å². The maximum atomic E-state index is 11.6. The number of hydrogen-bond acceptors (Lipinski definition) is 3. The van der Waals surface area contributed by atoms with Crippen LogP contribution in [-0.4, -0.2) is 23.7 Å². The summed E-state index contributed by atoms with van der Waals surface area (Å²) in [6.45, 7) is 2.06. The van der Waals surface area contributed by atoms with E-state index < -0.39 is 0 Å². The average Bonchev–Trinajstić information content (AvgIpc) is 2.37. The fraction of sp³-hybridized carbons (Fsp3) is 0.357. The Morgan fingerprint density at radius 2 is 2.11 bits per heavy atom. The zero-order chi connectivity index (χ0) is 13.4. The molecule has 0 aliphatic carbocycles. The molecule has 4 heteroatoms. The summed E-state index contributed by atoms with van der Waals surface area (Å²) in [7, 11) is 0. The van der Waals surface area contributed by atoms with Crippen molar-refractivity contribution in [3.05, 3.63) is 35.9 Å². The summed E-state index contributed by atoms with van der Waals surface area (Å²) in [4.78, 5) is 11.6. The number of aliphatic hydroxyl groups excluding tert-OH is 1. The summed E-state index contributed by atoms with van der Waals surface area (Å²) in [5.41, 5.74) is 7.20. The predicted octanol–water partition coefficient (Wildman–Crippen LogP) is 1.56. The Morgan fingerprint density at radius 3 is 2.67 bits per heavy atom. The van der Waals surface area contributed by atoms with Gasteiger partial charge in [-0.25, -0.2) is 0 Å². The predicted molar refractivity (Wildman–Crippen MR) is 73.8 cm³/mol. The summed E-state index contributed by atoms with van der Waals surface area (Å²) in [5, 5.41) is 11.7. The number of anilines is 1. The number of nitrogen functional groups attached to an aromatic ring is 1. The van der Waals surface area contributed by atoms with Crippen LogP contribution in [0.15, 0.2) is 30.3 Å². The highest BCUT2D eigenvalue weighted by Crippen LogP contribution is 2.07. The standard InChI is InChI=1S/C14H20N2O2/c1-2-13(9-10-17)16-14(18)8-5-11-3-6-12(15)7-4-11/h3-8,13,17H,2,9-10,15H2,1H3,(H,16,18)/b8-5+. The Labute approximate surface area is 108 Å². The van der Waals surface area contributed by atoms with Gasteiger partial charge in [0.2, 0.25) is 5.91 Å². The third-order valence-electron chi connectivity index (χ3n) is 2.68. The van der Waals surface area contributed by atoms with Crippen molar-refractivity contribution in [1.29, 1.82) is 0 Å². The Hall–Kier alpha value is -1.81. The molecule has 0 aromatic heterocycles. The number of carbonyl (C=O) groups is 1. The van der Waals surface area contributed by atoms with Crippen LogP contribution in [0, 0.1) is 0 Å². The molecule has 1 amide bonds. The quantitative estimate of drug-likeness (QED) is 0.528. The first-order chi connectivity index (χ1) is 8.65. The third-order valence-corrected chi connectivity index (χ3v) is 2.68. The van der Waals surface area contributed by atoms with E-state index in [2.05, 4.69) is 5.32 Å². The van der Waals surface area contributed by atoms with Gasteiger partial charge in [-0.1, -0.05) is 19.1 Å². The Bertz CT molecular complexity index is 399. The van der Waals surface area contributed by atoms with Crippen LogP contribution in [0.1, 0.15) is 25.3 Å². The lowest BCUT2D eigenvalue weighted by atomic mass is 10.1. The van der Waals surface area contributed by atoms with Crippen LogP contribution in [0.2, 0.25) is 0 Å². The smallest absolute Gasteiger partial charge is 0.244 e. The van der Waals surface area contributed by atoms with E-state index in [1.165, 1.54) is 6.08 Å². The lowest BCUT2D eigenvalue weighted by Gasteiger charge is -2.13. The van der Waals surface area contributed by atoms with Crippen LogP contribution in [0.3, 0.4) is 0 Å². The number of aliphatic hydroxyl groups is 1. The number of carbonyl (C=O) groups excluding carboxylic acids is 1. The van der Waals surface area contributed by atoms with Crippen molar-refractivity contribution in [3.8, 4) is 0 Å². The lowest BCUT2D eigenvalue weighted by molar-refractivity contribution is -0.117. The second-order valence-corrected chi connectivity index (χ2v) is 4.13. The monoisotopic (exact) mass is 248 g/mol. The van der Waals surface area contributed by atoms with E-state index in [-0.39, 0.29) is 18.6 Å². The summed E-state index contributed by atoms with van der Waals surface area (Å²) in [6, 6.07) is 7.31. The zero-order valence-corrected chi connectivity index (χ0v) is 10.6. The van der Waals surface area contributed by atoms with Gasteiger partial charge in [-0.2, -0.15) is 0 Å². The first kappa shape index (κ1) is 14.3. The fourth-order valence-electron chi connectivity index (χ4n) is 1.56. The number of nitrogens with two attached hydrogens (primary N) is 1. The van der Waals surface area contributed by atoms with Gasteiger partial charge in [-0.3, -0.25) is 4.79 Å². The largest absolute Gasteiger partial charge is 0.399 e. The van der Waals surface area contributed by atoms with Crippen molar-refractivity contribution in [3.63, 3.8) is 0 Å². The van der Waals surface area contributed by atoms with E-state index in [4.69, 9.17) is 10.8 Å². The summed E-state index contributed by atoms with van der Waals surface area (Å²) in [6.07, 6.45) is 4.62. The van der Waals surface area contributed by atoms with Crippen LogP contribution >= 0.6 is 0 Å². The van der Waals surface area contributed by atoms with Gasteiger partial charge in [0.1, 0.15) is 0 Å². The average molecular weight is 248 g/mol. The molecule has 0 radical (unpaired) electrons. The molecule has 0 bridgehead atoms. The molecule has 0 aliphatic heterocycles. The van der Waals surface area contributed by atoms with Crippen molar-refractivity contribution in [2.75, 3.05) is 12.3 Å². The molecule has 4 N–H and O–H groups in total. The van der Waals surface area contributed by atoms with Crippen molar-refractivity contribution >= 4 is 17.7 Å². The fourth-order valence-corrected chi connectivity index (χ4v) is 1.56. The SMILES string of the molecule is CCC(CCO)NC(=O)/C=C/c1ccc(N)cc1. The third kappa shape index (κ3) is 5.01. The van der Waals surface area contributed by atoms with Gasteiger partial charge in [0.25, 0.3) is 0 Å². The van der Waals surface area contributed by atoms with Crippen LogP contribution < -0.4 is 11.1 Å². The highest BCUT2D eigenvalue weighted by molar-refractivity contribution is 5.91. The first-order valence-corrected chi connectivity index (χ1v) is 6.10. The number of hydrogen-bond donors (Lipinski definition) is 3. The maximum absolute atomic E-state index is 11.6. The number of rotatable bonds is 6. The maximum Gasteiger partial charge on any atom is 0.244 e. The molecule has 0 aliphatic rings. The number of benzene rings is 1. The molecule has 4 nitrogen and oxygen atoms in total. The van der Waals surface area contributed by atoms with E-state index in [0.717, 1.165) is 12.0 Å². The van der Waals surface area contributed by atoms with Crippen LogP contribution in [0.5, 0.6) is 0 Å². The molecule has 1 rings (SSSR count). The molecule has 1 aromatic carbocycles. The van der Waals surface area contributed by atoms with E-state index in [1.807, 2.05) is 19.1 Å². The number of amides is 1. The van der Waals surface area contributed by atoms with Crippen LogP contribution in [-0.2, 0) is 4.79 Å². The molecule has 0 saturated heterocycles. The van der Waals surface area contributed by atoms with E-state index >= 15 is 0 Å². The summed E-state index contributed by atoms with van der Waals surface area (Å²) in [5.74, 6) is -0.146. The van der Waals surface area contributed by atoms with Gasteiger partial charge in [-0.15, -0.1) is 0 Å². The Kier molecular flexibility index (Phi) is 5.94. The molecule has 1 aromatic rings. The second-order valence-electron chi connectivity index (χ2n) is 4.13. The van der Waals surface area contributed by atoms with E-state index in [9.17, 15) is 4.79 Å². The second kappa shape index (κ2) is 7.50. The molecule has 0 saturated carbocycles. The van der Waals surface area contributed by atoms with E-state index in [1.54, 1.807) is 18.2 Å².